The zero-order valence-corrected chi connectivity index (χ0v) is 12.4. The lowest BCUT2D eigenvalue weighted by molar-refractivity contribution is 0.655. The first-order chi connectivity index (χ1) is 9.74. The Hall–Kier alpha value is -1.71. The quantitative estimate of drug-likeness (QED) is 0.777. The topological polar surface area (TPSA) is 38.9 Å². The number of pyridine rings is 1. The second-order valence-electron chi connectivity index (χ2n) is 5.15. The van der Waals surface area contributed by atoms with Crippen LogP contribution in [0.25, 0.3) is 10.9 Å². The van der Waals surface area contributed by atoms with Crippen molar-refractivity contribution in [2.75, 3.05) is 0 Å². The van der Waals surface area contributed by atoms with Crippen LogP contribution in [0.2, 0.25) is 0 Å². The highest BCUT2D eigenvalue weighted by molar-refractivity contribution is 7.07. The lowest BCUT2D eigenvalue weighted by Gasteiger charge is -2.15. The molecule has 0 aliphatic carbocycles. The van der Waals surface area contributed by atoms with Crippen molar-refractivity contribution in [3.63, 3.8) is 0 Å². The highest BCUT2D eigenvalue weighted by Gasteiger charge is 2.11. The van der Waals surface area contributed by atoms with Gasteiger partial charge in [0, 0.05) is 17.1 Å². The summed E-state index contributed by atoms with van der Waals surface area (Å²) in [6, 6.07) is 12.6. The monoisotopic (exact) mass is 282 g/mol. The lowest BCUT2D eigenvalue weighted by Crippen LogP contribution is -2.12. The summed E-state index contributed by atoms with van der Waals surface area (Å²) < 4.78 is 0. The molecule has 0 saturated heterocycles. The van der Waals surface area contributed by atoms with Crippen LogP contribution in [0.1, 0.15) is 29.3 Å². The summed E-state index contributed by atoms with van der Waals surface area (Å²) >= 11 is 1.74. The van der Waals surface area contributed by atoms with Crippen molar-refractivity contribution in [2.45, 2.75) is 25.8 Å². The Morgan fingerprint density at radius 3 is 2.90 bits per heavy atom. The molecule has 3 aromatic rings. The van der Waals surface area contributed by atoms with Gasteiger partial charge in [-0.1, -0.05) is 18.2 Å². The number of nitrogens with two attached hydrogens (primary N) is 1. The van der Waals surface area contributed by atoms with E-state index in [0.29, 0.717) is 0 Å². The molecule has 1 atom stereocenters. The summed E-state index contributed by atoms with van der Waals surface area (Å²) in [6.07, 6.45) is 1.99. The predicted octanol–water partition coefficient (Wildman–Crippen LogP) is 4.24. The molecule has 1 aromatic carbocycles. The van der Waals surface area contributed by atoms with Crippen molar-refractivity contribution in [1.29, 1.82) is 0 Å². The van der Waals surface area contributed by atoms with E-state index in [0.717, 1.165) is 24.1 Å². The van der Waals surface area contributed by atoms with Gasteiger partial charge in [-0.15, -0.1) is 0 Å². The summed E-state index contributed by atoms with van der Waals surface area (Å²) in [5.74, 6) is 0. The van der Waals surface area contributed by atoms with E-state index in [2.05, 4.69) is 46.1 Å². The van der Waals surface area contributed by atoms with Crippen molar-refractivity contribution < 1.29 is 0 Å². The molecule has 20 heavy (non-hydrogen) atoms. The number of thiophene rings is 1. The molecule has 0 spiro atoms. The summed E-state index contributed by atoms with van der Waals surface area (Å²) in [5.41, 5.74) is 11.1. The number of fused-ring (bicyclic) bond motifs is 1. The van der Waals surface area contributed by atoms with E-state index in [-0.39, 0.29) is 6.04 Å². The van der Waals surface area contributed by atoms with Crippen LogP contribution in [-0.2, 0) is 6.42 Å². The normalized spacial score (nSPS) is 12.7. The van der Waals surface area contributed by atoms with E-state index in [1.54, 1.807) is 11.3 Å². The highest BCUT2D eigenvalue weighted by atomic mass is 32.1. The first kappa shape index (κ1) is 13.3. The third-order valence-electron chi connectivity index (χ3n) is 3.60. The molecule has 102 valence electrons. The third-order valence-corrected chi connectivity index (χ3v) is 4.33. The second kappa shape index (κ2) is 5.73. The van der Waals surface area contributed by atoms with E-state index < -0.39 is 0 Å². The van der Waals surface area contributed by atoms with Gasteiger partial charge in [-0.05, 0) is 59.9 Å². The van der Waals surface area contributed by atoms with Crippen LogP contribution < -0.4 is 5.73 Å². The maximum absolute atomic E-state index is 6.42. The Balaban J connectivity index is 1.88. The molecular weight excluding hydrogens is 264 g/mol. The molecule has 1 unspecified atom stereocenters. The van der Waals surface area contributed by atoms with Gasteiger partial charge in [0.2, 0.25) is 0 Å². The van der Waals surface area contributed by atoms with Crippen LogP contribution >= 0.6 is 11.3 Å². The van der Waals surface area contributed by atoms with Gasteiger partial charge in [-0.25, -0.2) is 0 Å². The summed E-state index contributed by atoms with van der Waals surface area (Å²) in [6.45, 7) is 2.03. The Bertz CT molecular complexity index is 704. The molecule has 0 amide bonds. The fourth-order valence-corrected chi connectivity index (χ4v) is 3.26. The number of benzene rings is 1. The minimum absolute atomic E-state index is 0.0569. The molecule has 3 rings (SSSR count). The predicted molar refractivity (Wildman–Crippen MR) is 86.0 cm³/mol. The Morgan fingerprint density at radius 2 is 2.10 bits per heavy atom. The summed E-state index contributed by atoms with van der Waals surface area (Å²) in [5, 5.41) is 5.49. The van der Waals surface area contributed by atoms with Crippen molar-refractivity contribution in [3.8, 4) is 0 Å². The minimum Gasteiger partial charge on any atom is -0.324 e. The first-order valence-corrected chi connectivity index (χ1v) is 7.81. The fourth-order valence-electron chi connectivity index (χ4n) is 2.56. The number of hydrogen-bond donors (Lipinski definition) is 1. The van der Waals surface area contributed by atoms with Gasteiger partial charge in [0.15, 0.2) is 0 Å². The van der Waals surface area contributed by atoms with Crippen LogP contribution in [0.4, 0.5) is 0 Å². The molecule has 0 radical (unpaired) electrons. The van der Waals surface area contributed by atoms with Crippen LogP contribution in [-0.4, -0.2) is 4.98 Å². The average molecular weight is 282 g/mol. The number of rotatable bonds is 4. The van der Waals surface area contributed by atoms with Crippen LogP contribution in [0, 0.1) is 6.92 Å². The third kappa shape index (κ3) is 2.74. The molecular formula is C17H18N2S. The molecule has 0 aliphatic heterocycles. The molecule has 0 fully saturated rings. The number of hydrogen-bond acceptors (Lipinski definition) is 3. The van der Waals surface area contributed by atoms with Crippen molar-refractivity contribution in [3.05, 3.63) is 64.0 Å². The molecule has 2 heterocycles. The largest absolute Gasteiger partial charge is 0.324 e. The molecule has 0 bridgehead atoms. The Morgan fingerprint density at radius 1 is 1.25 bits per heavy atom. The van der Waals surface area contributed by atoms with Gasteiger partial charge < -0.3 is 5.73 Å². The fraction of sp³-hybridized carbons (Fsp3) is 0.235. The lowest BCUT2D eigenvalue weighted by atomic mass is 9.97. The standard InChI is InChI=1S/C17H18N2S/c1-12-10-15(14-4-2-3-5-17(14)19-12)16(18)7-6-13-8-9-20-11-13/h2-5,8-11,16H,6-7,18H2,1H3. The van der Waals surface area contributed by atoms with E-state index >= 15 is 0 Å². The van der Waals surface area contributed by atoms with E-state index in [4.69, 9.17) is 5.73 Å². The molecule has 2 nitrogen and oxygen atoms in total. The zero-order valence-electron chi connectivity index (χ0n) is 11.5. The first-order valence-electron chi connectivity index (χ1n) is 6.87. The van der Waals surface area contributed by atoms with E-state index in [1.807, 2.05) is 13.0 Å². The molecule has 0 saturated carbocycles. The van der Waals surface area contributed by atoms with Crippen LogP contribution in [0.5, 0.6) is 0 Å². The van der Waals surface area contributed by atoms with Gasteiger partial charge in [0.25, 0.3) is 0 Å². The van der Waals surface area contributed by atoms with Crippen molar-refractivity contribution in [1.82, 2.24) is 4.98 Å². The molecule has 2 N–H and O–H groups in total. The SMILES string of the molecule is Cc1cc(C(N)CCc2ccsc2)c2ccccc2n1. The maximum atomic E-state index is 6.42. The molecule has 3 heteroatoms. The Kier molecular flexibility index (Phi) is 3.81. The maximum Gasteiger partial charge on any atom is 0.0708 e. The van der Waals surface area contributed by atoms with Gasteiger partial charge in [-0.3, -0.25) is 4.98 Å². The van der Waals surface area contributed by atoms with Gasteiger partial charge in [0.05, 0.1) is 5.52 Å². The zero-order chi connectivity index (χ0) is 13.9. The van der Waals surface area contributed by atoms with Crippen LogP contribution in [0.3, 0.4) is 0 Å². The number of para-hydroxylation sites is 1. The van der Waals surface area contributed by atoms with E-state index in [9.17, 15) is 0 Å². The molecule has 2 aromatic heterocycles. The number of nitrogens with zero attached hydrogens (tertiary/aromatic N) is 1. The second-order valence-corrected chi connectivity index (χ2v) is 5.93. The van der Waals surface area contributed by atoms with Gasteiger partial charge >= 0.3 is 0 Å². The van der Waals surface area contributed by atoms with E-state index in [1.165, 1.54) is 16.5 Å². The van der Waals surface area contributed by atoms with Gasteiger partial charge in [0.1, 0.15) is 0 Å². The smallest absolute Gasteiger partial charge is 0.0708 e. The highest BCUT2D eigenvalue weighted by Crippen LogP contribution is 2.26. The Labute approximate surface area is 123 Å². The summed E-state index contributed by atoms with van der Waals surface area (Å²) in [4.78, 5) is 4.57. The number of aryl methyl sites for hydroxylation is 2. The van der Waals surface area contributed by atoms with Crippen LogP contribution in [0.15, 0.2) is 47.2 Å². The minimum atomic E-state index is 0.0569. The number of aromatic nitrogens is 1. The van der Waals surface area contributed by atoms with Gasteiger partial charge in [-0.2, -0.15) is 11.3 Å². The van der Waals surface area contributed by atoms with Crippen molar-refractivity contribution in [2.24, 2.45) is 5.73 Å². The molecule has 0 aliphatic rings. The average Bonchev–Trinajstić information content (AvgIpc) is 2.97. The van der Waals surface area contributed by atoms with Crippen molar-refractivity contribution >= 4 is 22.2 Å². The summed E-state index contributed by atoms with van der Waals surface area (Å²) in [7, 11) is 0.